The van der Waals surface area contributed by atoms with E-state index in [9.17, 15) is 39.0 Å². The van der Waals surface area contributed by atoms with Crippen molar-refractivity contribution in [2.24, 2.45) is 0 Å². The molecule has 2 aromatic carbocycles. The number of phenolic OH excluding ortho intramolecular Hbond substituents is 2. The van der Waals surface area contributed by atoms with Crippen molar-refractivity contribution in [3.63, 3.8) is 0 Å². The van der Waals surface area contributed by atoms with Crippen LogP contribution in [0, 0.1) is 0 Å². The van der Waals surface area contributed by atoms with Gasteiger partial charge in [-0.1, -0.05) is 36.4 Å². The number of aromatic amines is 4. The van der Waals surface area contributed by atoms with Gasteiger partial charge >= 0.3 is 33.6 Å². The van der Waals surface area contributed by atoms with E-state index in [1.165, 1.54) is 12.1 Å². The molecule has 4 aromatic rings. The molecule has 6 N–H and O–H groups in total. The number of para-hydroxylation sites is 2. The van der Waals surface area contributed by atoms with Crippen LogP contribution in [-0.2, 0) is 25.9 Å². The fraction of sp³-hybridized carbons (Fsp3) is 0.182. The Morgan fingerprint density at radius 1 is 0.556 bits per heavy atom. The molecule has 0 unspecified atom stereocenters. The first-order valence-corrected chi connectivity index (χ1v) is 10.6. The molecule has 2 heterocycles. The minimum absolute atomic E-state index is 0.123. The summed E-state index contributed by atoms with van der Waals surface area (Å²) >= 11 is 0. The molecule has 188 valence electrons. The fourth-order valence-electron chi connectivity index (χ4n) is 3.11. The third kappa shape index (κ3) is 6.47. The Labute approximate surface area is 199 Å². The van der Waals surface area contributed by atoms with Gasteiger partial charge in [0.1, 0.15) is 11.5 Å². The van der Waals surface area contributed by atoms with E-state index in [0.29, 0.717) is 24.0 Å². The summed E-state index contributed by atoms with van der Waals surface area (Å²) in [5, 5.41) is 23.4. The zero-order valence-corrected chi connectivity index (χ0v) is 18.7. The lowest BCUT2D eigenvalue weighted by atomic mass is 10.1. The molecular weight excluding hydrogens is 476 g/mol. The highest BCUT2D eigenvalue weighted by Crippen LogP contribution is 2.16. The second-order valence-corrected chi connectivity index (χ2v) is 7.46. The quantitative estimate of drug-likeness (QED) is 0.169. The van der Waals surface area contributed by atoms with E-state index in [0.717, 1.165) is 9.36 Å². The van der Waals surface area contributed by atoms with Crippen molar-refractivity contribution in [2.75, 3.05) is 0 Å². The smallest absolute Gasteiger partial charge is 0.343 e. The lowest BCUT2D eigenvalue weighted by Gasteiger charge is -2.05. The summed E-state index contributed by atoms with van der Waals surface area (Å²) in [5.41, 5.74) is -3.78. The summed E-state index contributed by atoms with van der Waals surface area (Å²) < 4.78 is 1.99. The molecule has 4 rings (SSSR count). The number of phenols is 2. The minimum atomic E-state index is -0.973. The Morgan fingerprint density at radius 2 is 0.917 bits per heavy atom. The molecule has 0 amide bonds. The molecule has 0 aliphatic heterocycles. The third-order valence-corrected chi connectivity index (χ3v) is 5.01. The molecule has 0 fully saturated rings. The van der Waals surface area contributed by atoms with Crippen molar-refractivity contribution >= 4 is 0 Å². The van der Waals surface area contributed by atoms with Crippen LogP contribution in [0.4, 0.5) is 0 Å². The Hall–Kier alpha value is -5.14. The second-order valence-electron chi connectivity index (χ2n) is 7.46. The molecule has 36 heavy (non-hydrogen) atoms. The predicted molar refractivity (Wildman–Crippen MR) is 128 cm³/mol. The van der Waals surface area contributed by atoms with Crippen LogP contribution in [0.1, 0.15) is 11.1 Å². The maximum absolute atomic E-state index is 11.4. The van der Waals surface area contributed by atoms with Crippen LogP contribution in [0.15, 0.2) is 77.3 Å². The first-order chi connectivity index (χ1) is 17.2. The number of benzene rings is 2. The van der Waals surface area contributed by atoms with Crippen molar-refractivity contribution in [2.45, 2.75) is 25.9 Å². The molecule has 0 saturated heterocycles. The highest BCUT2D eigenvalue weighted by atomic mass is 16.3. The van der Waals surface area contributed by atoms with Crippen molar-refractivity contribution in [3.8, 4) is 11.5 Å². The number of nitrogens with one attached hydrogen (secondary N) is 4. The van der Waals surface area contributed by atoms with Crippen LogP contribution in [0.2, 0.25) is 0 Å². The zero-order valence-electron chi connectivity index (χ0n) is 18.7. The maximum atomic E-state index is 11.4. The molecule has 14 nitrogen and oxygen atoms in total. The summed E-state index contributed by atoms with van der Waals surface area (Å²) in [4.78, 5) is 70.4. The fourth-order valence-corrected chi connectivity index (χ4v) is 3.11. The molecule has 0 aliphatic carbocycles. The maximum Gasteiger partial charge on any atom is 0.343 e. The molecule has 0 radical (unpaired) electrons. The number of hydrogen-bond acceptors (Lipinski definition) is 8. The molecule has 0 atom stereocenters. The van der Waals surface area contributed by atoms with Crippen molar-refractivity contribution in [1.82, 2.24) is 29.5 Å². The van der Waals surface area contributed by atoms with E-state index in [2.05, 4.69) is 10.2 Å². The SMILES string of the molecule is O=c1[nH]c(=O)n(CCc2ccccc2O)[nH]c1=O.O=c1[nH]c(=O)n(CCc2ccccc2O)[nH]c1=O. The predicted octanol–water partition coefficient (Wildman–Crippen LogP) is -1.65. The number of H-pyrrole nitrogens is 4. The van der Waals surface area contributed by atoms with Crippen LogP contribution in [-0.4, -0.2) is 39.7 Å². The van der Waals surface area contributed by atoms with Gasteiger partial charge in [0, 0.05) is 13.1 Å². The highest BCUT2D eigenvalue weighted by molar-refractivity contribution is 5.32. The van der Waals surface area contributed by atoms with Gasteiger partial charge in [-0.2, -0.15) is 0 Å². The normalized spacial score (nSPS) is 10.4. The number of nitrogens with zero attached hydrogens (tertiary/aromatic N) is 2. The lowest BCUT2D eigenvalue weighted by Crippen LogP contribution is -2.43. The molecular formula is C22H22N6O8. The standard InChI is InChI=1S/2C11H11N3O4/c2*15-8-4-2-1-3-7(8)5-6-14-11(18)12-9(16)10(17)13-14/h2*1-4,15H,5-6H2,(H,13,17)(H,12,16,18). The number of hydrogen-bond donors (Lipinski definition) is 6. The largest absolute Gasteiger partial charge is 0.508 e. The Morgan fingerprint density at radius 3 is 1.28 bits per heavy atom. The summed E-state index contributed by atoms with van der Waals surface area (Å²) in [6, 6.07) is 13.4. The van der Waals surface area contributed by atoms with Gasteiger partial charge in [-0.25, -0.2) is 19.0 Å². The Balaban J connectivity index is 0.000000201. The minimum Gasteiger partial charge on any atom is -0.508 e. The van der Waals surface area contributed by atoms with Gasteiger partial charge in [0.15, 0.2) is 0 Å². The summed E-state index contributed by atoms with van der Waals surface area (Å²) in [6.07, 6.45) is 0.711. The van der Waals surface area contributed by atoms with Crippen LogP contribution in [0.5, 0.6) is 11.5 Å². The van der Waals surface area contributed by atoms with Gasteiger partial charge in [-0.05, 0) is 36.1 Å². The summed E-state index contributed by atoms with van der Waals surface area (Å²) in [5.74, 6) is 0.245. The van der Waals surface area contributed by atoms with Gasteiger partial charge < -0.3 is 10.2 Å². The molecule has 2 aromatic heterocycles. The number of aryl methyl sites for hydroxylation is 4. The molecule has 14 heteroatoms. The van der Waals surface area contributed by atoms with Gasteiger partial charge in [0.25, 0.3) is 0 Å². The number of aromatic hydroxyl groups is 2. The summed E-state index contributed by atoms with van der Waals surface area (Å²) in [7, 11) is 0. The molecule has 0 bridgehead atoms. The molecule has 0 saturated carbocycles. The van der Waals surface area contributed by atoms with Gasteiger partial charge in [0.2, 0.25) is 0 Å². The first-order valence-electron chi connectivity index (χ1n) is 10.6. The van der Waals surface area contributed by atoms with E-state index in [-0.39, 0.29) is 24.6 Å². The second kappa shape index (κ2) is 11.3. The van der Waals surface area contributed by atoms with Gasteiger partial charge in [-0.3, -0.25) is 39.3 Å². The van der Waals surface area contributed by atoms with Gasteiger partial charge in [0.05, 0.1) is 0 Å². The van der Waals surface area contributed by atoms with Crippen LogP contribution < -0.4 is 33.6 Å². The average Bonchev–Trinajstić information content (AvgIpc) is 2.84. The van der Waals surface area contributed by atoms with E-state index in [1.807, 2.05) is 9.97 Å². The highest BCUT2D eigenvalue weighted by Gasteiger charge is 2.05. The van der Waals surface area contributed by atoms with E-state index in [4.69, 9.17) is 0 Å². The number of rotatable bonds is 6. The number of aromatic nitrogens is 6. The average molecular weight is 498 g/mol. The van der Waals surface area contributed by atoms with E-state index in [1.54, 1.807) is 36.4 Å². The van der Waals surface area contributed by atoms with Crippen LogP contribution in [0.25, 0.3) is 0 Å². The van der Waals surface area contributed by atoms with Crippen molar-refractivity contribution < 1.29 is 10.2 Å². The topological polar surface area (TPSA) is 216 Å². The van der Waals surface area contributed by atoms with Crippen molar-refractivity contribution in [1.29, 1.82) is 0 Å². The van der Waals surface area contributed by atoms with Crippen molar-refractivity contribution in [3.05, 3.63) is 122 Å². The monoisotopic (exact) mass is 498 g/mol. The lowest BCUT2D eigenvalue weighted by molar-refractivity contribution is 0.461. The van der Waals surface area contributed by atoms with E-state index >= 15 is 0 Å². The molecule has 0 aliphatic rings. The van der Waals surface area contributed by atoms with Crippen LogP contribution in [0.3, 0.4) is 0 Å². The first kappa shape index (κ1) is 25.5. The van der Waals surface area contributed by atoms with Crippen LogP contribution >= 0.6 is 0 Å². The van der Waals surface area contributed by atoms with E-state index < -0.39 is 33.6 Å². The third-order valence-electron chi connectivity index (χ3n) is 5.01. The summed E-state index contributed by atoms with van der Waals surface area (Å²) in [6.45, 7) is 0.310. The Bertz CT molecular complexity index is 1580. The molecule has 0 spiro atoms. The van der Waals surface area contributed by atoms with Gasteiger partial charge in [-0.15, -0.1) is 0 Å². The zero-order chi connectivity index (χ0) is 26.2. The Kier molecular flexibility index (Phi) is 8.02.